The van der Waals surface area contributed by atoms with Gasteiger partial charge in [-0.1, -0.05) is 46.3 Å². The molecule has 0 aliphatic heterocycles. The number of carbonyl (C=O) groups excluding carboxylic acids is 1. The molecule has 2 aromatic rings. The molecule has 0 aliphatic rings. The first-order valence-corrected chi connectivity index (χ1v) is 6.65. The Bertz CT molecular complexity index is 624. The van der Waals surface area contributed by atoms with Crippen LogP contribution in [0, 0.1) is 0 Å². The average Bonchev–Trinajstić information content (AvgIpc) is 2.42. The highest BCUT2D eigenvalue weighted by Gasteiger charge is 2.12. The van der Waals surface area contributed by atoms with Crippen LogP contribution in [0.4, 0.5) is 8.78 Å². The number of alkyl halides is 2. The third kappa shape index (κ3) is 3.42. The molecule has 0 fully saturated rings. The molecule has 0 saturated carbocycles. The zero-order chi connectivity index (χ0) is 14.7. The maximum absolute atomic E-state index is 12.4. The molecule has 2 nitrogen and oxygen atoms in total. The quantitative estimate of drug-likeness (QED) is 0.831. The Morgan fingerprint density at radius 1 is 1.15 bits per heavy atom. The Balaban J connectivity index is 2.15. The van der Waals surface area contributed by atoms with Gasteiger partial charge in [-0.05, 0) is 12.1 Å². The molecule has 0 radical (unpaired) electrons. The van der Waals surface area contributed by atoms with Crippen molar-refractivity contribution >= 4 is 21.7 Å². The van der Waals surface area contributed by atoms with Crippen molar-refractivity contribution in [3.05, 3.63) is 63.6 Å². The normalized spacial score (nSPS) is 10.8. The standard InChI is InChI=1S/C15H11BrF2O2/c16-12-6-5-11(14(20)8-12)7-13(19)9-1-3-10(4-2-9)15(17)18/h1-6,8,15,20H,7H2. The van der Waals surface area contributed by atoms with Crippen LogP contribution in [0.5, 0.6) is 5.75 Å². The maximum atomic E-state index is 12.4. The summed E-state index contributed by atoms with van der Waals surface area (Å²) in [4.78, 5) is 12.0. The summed E-state index contributed by atoms with van der Waals surface area (Å²) in [5.41, 5.74) is 0.723. The summed E-state index contributed by atoms with van der Waals surface area (Å²) < 4.78 is 25.5. The monoisotopic (exact) mass is 340 g/mol. The van der Waals surface area contributed by atoms with E-state index >= 15 is 0 Å². The van der Waals surface area contributed by atoms with E-state index in [1.165, 1.54) is 30.3 Å². The zero-order valence-electron chi connectivity index (χ0n) is 10.3. The summed E-state index contributed by atoms with van der Waals surface area (Å²) >= 11 is 3.21. The molecule has 0 heterocycles. The van der Waals surface area contributed by atoms with Gasteiger partial charge in [-0.3, -0.25) is 4.79 Å². The molecule has 0 aromatic heterocycles. The molecule has 0 spiro atoms. The second-order valence-corrected chi connectivity index (χ2v) is 5.21. The molecule has 0 atom stereocenters. The second kappa shape index (κ2) is 6.13. The lowest BCUT2D eigenvalue weighted by Crippen LogP contribution is -2.04. The lowest BCUT2D eigenvalue weighted by Gasteiger charge is -2.06. The van der Waals surface area contributed by atoms with Crippen molar-refractivity contribution in [1.29, 1.82) is 0 Å². The van der Waals surface area contributed by atoms with Crippen LogP contribution in [0.15, 0.2) is 46.9 Å². The van der Waals surface area contributed by atoms with Crippen LogP contribution in [-0.2, 0) is 6.42 Å². The lowest BCUT2D eigenvalue weighted by molar-refractivity contribution is 0.0991. The minimum atomic E-state index is -2.55. The van der Waals surface area contributed by atoms with E-state index in [1.807, 2.05) is 0 Å². The number of rotatable bonds is 4. The van der Waals surface area contributed by atoms with Gasteiger partial charge in [0.1, 0.15) is 5.75 Å². The number of phenolic OH excluding ortho intramolecular Hbond substituents is 1. The summed E-state index contributed by atoms with van der Waals surface area (Å²) in [6, 6.07) is 10.1. The second-order valence-electron chi connectivity index (χ2n) is 4.30. The molecule has 0 saturated heterocycles. The SMILES string of the molecule is O=C(Cc1ccc(Br)cc1O)c1ccc(C(F)F)cc1. The summed E-state index contributed by atoms with van der Waals surface area (Å²) in [6.07, 6.45) is -2.53. The van der Waals surface area contributed by atoms with Gasteiger partial charge in [0.05, 0.1) is 0 Å². The highest BCUT2D eigenvalue weighted by Crippen LogP contribution is 2.24. The van der Waals surface area contributed by atoms with Crippen LogP contribution in [0.25, 0.3) is 0 Å². The van der Waals surface area contributed by atoms with Crippen molar-refractivity contribution in [2.75, 3.05) is 0 Å². The van der Waals surface area contributed by atoms with Crippen molar-refractivity contribution in [3.8, 4) is 5.75 Å². The predicted octanol–water partition coefficient (Wildman–Crippen LogP) is 4.52. The van der Waals surface area contributed by atoms with Crippen LogP contribution in [-0.4, -0.2) is 10.9 Å². The molecule has 2 rings (SSSR count). The smallest absolute Gasteiger partial charge is 0.263 e. The number of phenols is 1. The summed E-state index contributed by atoms with van der Waals surface area (Å²) in [5.74, 6) is -0.208. The van der Waals surface area contributed by atoms with Gasteiger partial charge in [-0.15, -0.1) is 0 Å². The third-order valence-corrected chi connectivity index (χ3v) is 3.38. The Morgan fingerprint density at radius 2 is 1.80 bits per heavy atom. The van der Waals surface area contributed by atoms with E-state index in [-0.39, 0.29) is 23.5 Å². The molecule has 20 heavy (non-hydrogen) atoms. The minimum Gasteiger partial charge on any atom is -0.508 e. The van der Waals surface area contributed by atoms with Crippen LogP contribution in [0.2, 0.25) is 0 Å². The van der Waals surface area contributed by atoms with E-state index in [0.29, 0.717) is 15.6 Å². The van der Waals surface area contributed by atoms with Crippen LogP contribution in [0.3, 0.4) is 0 Å². The molecule has 5 heteroatoms. The number of ketones is 1. The number of aromatic hydroxyl groups is 1. The first kappa shape index (κ1) is 14.7. The molecule has 1 N–H and O–H groups in total. The van der Waals surface area contributed by atoms with Gasteiger partial charge in [-0.25, -0.2) is 8.78 Å². The molecular weight excluding hydrogens is 330 g/mol. The number of hydrogen-bond donors (Lipinski definition) is 1. The van der Waals surface area contributed by atoms with E-state index in [0.717, 1.165) is 0 Å². The number of halogens is 3. The van der Waals surface area contributed by atoms with E-state index in [9.17, 15) is 18.7 Å². The van der Waals surface area contributed by atoms with Crippen molar-refractivity contribution < 1.29 is 18.7 Å². The molecule has 0 aliphatic carbocycles. The van der Waals surface area contributed by atoms with Gasteiger partial charge in [-0.2, -0.15) is 0 Å². The van der Waals surface area contributed by atoms with Crippen LogP contribution < -0.4 is 0 Å². The Labute approximate surface area is 123 Å². The Hall–Kier alpha value is -1.75. The van der Waals surface area contributed by atoms with Crippen molar-refractivity contribution in [2.24, 2.45) is 0 Å². The largest absolute Gasteiger partial charge is 0.508 e. The van der Waals surface area contributed by atoms with Gasteiger partial charge in [0.15, 0.2) is 5.78 Å². The average molecular weight is 341 g/mol. The Kier molecular flexibility index (Phi) is 4.49. The van der Waals surface area contributed by atoms with E-state index < -0.39 is 6.43 Å². The fourth-order valence-corrected chi connectivity index (χ4v) is 2.13. The lowest BCUT2D eigenvalue weighted by atomic mass is 10.0. The van der Waals surface area contributed by atoms with E-state index in [1.54, 1.807) is 12.1 Å². The number of Topliss-reactive ketones (excluding diaryl/α,β-unsaturated/α-hetero) is 1. The number of hydrogen-bond acceptors (Lipinski definition) is 2. The summed E-state index contributed by atoms with van der Waals surface area (Å²) in [6.45, 7) is 0. The minimum absolute atomic E-state index is 0.0210. The zero-order valence-corrected chi connectivity index (χ0v) is 11.9. The van der Waals surface area contributed by atoms with Gasteiger partial charge >= 0.3 is 0 Å². The van der Waals surface area contributed by atoms with Crippen molar-refractivity contribution in [2.45, 2.75) is 12.8 Å². The fraction of sp³-hybridized carbons (Fsp3) is 0.133. The first-order valence-electron chi connectivity index (χ1n) is 5.86. The molecule has 0 unspecified atom stereocenters. The maximum Gasteiger partial charge on any atom is 0.263 e. The number of benzene rings is 2. The molecule has 104 valence electrons. The van der Waals surface area contributed by atoms with Crippen molar-refractivity contribution in [1.82, 2.24) is 0 Å². The van der Waals surface area contributed by atoms with Gasteiger partial charge in [0, 0.05) is 27.6 Å². The molecule has 2 aromatic carbocycles. The van der Waals surface area contributed by atoms with Gasteiger partial charge in [0.2, 0.25) is 0 Å². The van der Waals surface area contributed by atoms with E-state index in [2.05, 4.69) is 15.9 Å². The summed E-state index contributed by atoms with van der Waals surface area (Å²) in [5, 5.41) is 9.72. The molecule has 0 bridgehead atoms. The topological polar surface area (TPSA) is 37.3 Å². The third-order valence-electron chi connectivity index (χ3n) is 2.88. The fourth-order valence-electron chi connectivity index (χ4n) is 1.78. The van der Waals surface area contributed by atoms with Gasteiger partial charge < -0.3 is 5.11 Å². The summed E-state index contributed by atoms with van der Waals surface area (Å²) in [7, 11) is 0. The Morgan fingerprint density at radius 3 is 2.35 bits per heavy atom. The highest BCUT2D eigenvalue weighted by atomic mass is 79.9. The van der Waals surface area contributed by atoms with Gasteiger partial charge in [0.25, 0.3) is 6.43 Å². The first-order chi connectivity index (χ1) is 9.47. The predicted molar refractivity (Wildman–Crippen MR) is 75.2 cm³/mol. The highest BCUT2D eigenvalue weighted by molar-refractivity contribution is 9.10. The molecular formula is C15H11BrF2O2. The van der Waals surface area contributed by atoms with Crippen molar-refractivity contribution in [3.63, 3.8) is 0 Å². The number of carbonyl (C=O) groups is 1. The molecule has 0 amide bonds. The van der Waals surface area contributed by atoms with Crippen LogP contribution in [0.1, 0.15) is 27.9 Å². The van der Waals surface area contributed by atoms with Crippen LogP contribution >= 0.6 is 15.9 Å². The van der Waals surface area contributed by atoms with E-state index in [4.69, 9.17) is 0 Å².